The van der Waals surface area contributed by atoms with E-state index in [-0.39, 0.29) is 10.2 Å². The van der Waals surface area contributed by atoms with E-state index in [1.54, 1.807) is 6.92 Å². The first-order valence-corrected chi connectivity index (χ1v) is 6.13. The average Bonchev–Trinajstić information content (AvgIpc) is 2.39. The number of ether oxygens (including phenoxy) is 1. The summed E-state index contributed by atoms with van der Waals surface area (Å²) in [5.41, 5.74) is -0.816. The molecule has 0 amide bonds. The van der Waals surface area contributed by atoms with Gasteiger partial charge in [0.2, 0.25) is 0 Å². The summed E-state index contributed by atoms with van der Waals surface area (Å²) in [4.78, 5) is 11.2. The van der Waals surface area contributed by atoms with E-state index in [2.05, 4.69) is 22.9 Å². The van der Waals surface area contributed by atoms with Gasteiger partial charge in [0.15, 0.2) is 11.4 Å². The Balaban J connectivity index is 2.51. The third-order valence-electron chi connectivity index (χ3n) is 2.71. The Bertz CT molecular complexity index is 286. The van der Waals surface area contributed by atoms with Crippen molar-refractivity contribution in [2.75, 3.05) is 0 Å². The van der Waals surface area contributed by atoms with Crippen molar-refractivity contribution in [2.24, 2.45) is 0 Å². The molecule has 0 saturated carbocycles. The van der Waals surface area contributed by atoms with Gasteiger partial charge in [-0.2, -0.15) is 0 Å². The van der Waals surface area contributed by atoms with E-state index in [0.29, 0.717) is 6.42 Å². The Kier molecular flexibility index (Phi) is 4.20. The van der Waals surface area contributed by atoms with Crippen molar-refractivity contribution in [3.05, 3.63) is 10.2 Å². The zero-order valence-corrected chi connectivity index (χ0v) is 10.8. The quantitative estimate of drug-likeness (QED) is 0.618. The number of esters is 1. The summed E-state index contributed by atoms with van der Waals surface area (Å²) in [6, 6.07) is 0. The molecule has 0 spiro atoms. The number of aliphatic hydroxyl groups is 1. The van der Waals surface area contributed by atoms with Gasteiger partial charge in [-0.05, 0) is 35.7 Å². The van der Waals surface area contributed by atoms with E-state index >= 15 is 0 Å². The van der Waals surface area contributed by atoms with Crippen LogP contribution >= 0.6 is 15.9 Å². The second-order valence-corrected chi connectivity index (χ2v) is 4.89. The van der Waals surface area contributed by atoms with Crippen molar-refractivity contribution in [3.63, 3.8) is 0 Å². The first-order chi connectivity index (χ1) is 7.01. The summed E-state index contributed by atoms with van der Waals surface area (Å²) in [6.45, 7) is 3.89. The van der Waals surface area contributed by atoms with E-state index in [1.807, 2.05) is 0 Å². The Morgan fingerprint density at radius 2 is 2.07 bits per heavy atom. The van der Waals surface area contributed by atoms with Crippen molar-refractivity contribution < 1.29 is 14.6 Å². The minimum atomic E-state index is -0.816. The molecule has 0 aromatic heterocycles. The molecule has 0 aromatic rings. The Morgan fingerprint density at radius 3 is 2.53 bits per heavy atom. The Morgan fingerprint density at radius 1 is 1.40 bits per heavy atom. The molecule has 0 aromatic carbocycles. The maximum atomic E-state index is 11.2. The lowest BCUT2D eigenvalue weighted by Crippen LogP contribution is -2.27. The predicted molar refractivity (Wildman–Crippen MR) is 61.8 cm³/mol. The molecular formula is C11H17BrO3. The third-order valence-corrected chi connectivity index (χ3v) is 3.41. The zero-order valence-electron chi connectivity index (χ0n) is 9.18. The number of halogens is 1. The van der Waals surface area contributed by atoms with Crippen LogP contribution in [-0.2, 0) is 9.53 Å². The van der Waals surface area contributed by atoms with Crippen LogP contribution in [0.2, 0.25) is 0 Å². The second kappa shape index (κ2) is 5.01. The normalized spacial score (nSPS) is 25.9. The third kappa shape index (κ3) is 2.74. The molecule has 86 valence electrons. The molecule has 0 fully saturated rings. The summed E-state index contributed by atoms with van der Waals surface area (Å²) in [6.07, 6.45) is 5.09. The van der Waals surface area contributed by atoms with Crippen LogP contribution in [0.1, 0.15) is 46.0 Å². The number of hydrogen-bond acceptors (Lipinski definition) is 3. The van der Waals surface area contributed by atoms with Gasteiger partial charge < -0.3 is 9.84 Å². The SMILES string of the molecule is CCCCCC[C@]1(C)OC(=O)C(Br)=C1O. The molecule has 1 N–H and O–H groups in total. The average molecular weight is 277 g/mol. The van der Waals surface area contributed by atoms with Gasteiger partial charge in [0.25, 0.3) is 0 Å². The molecule has 0 saturated heterocycles. The topological polar surface area (TPSA) is 46.5 Å². The smallest absolute Gasteiger partial charge is 0.349 e. The number of carbonyl (C=O) groups is 1. The van der Waals surface area contributed by atoms with Crippen molar-refractivity contribution in [1.82, 2.24) is 0 Å². The van der Waals surface area contributed by atoms with Crippen LogP contribution in [0, 0.1) is 0 Å². The van der Waals surface area contributed by atoms with Gasteiger partial charge in [-0.25, -0.2) is 4.79 Å². The number of aliphatic hydroxyl groups excluding tert-OH is 1. The van der Waals surface area contributed by atoms with E-state index < -0.39 is 11.6 Å². The van der Waals surface area contributed by atoms with Crippen LogP contribution in [0.5, 0.6) is 0 Å². The molecule has 1 aliphatic rings. The molecule has 1 aliphatic heterocycles. The van der Waals surface area contributed by atoms with E-state index in [0.717, 1.165) is 12.8 Å². The lowest BCUT2D eigenvalue weighted by Gasteiger charge is -2.22. The molecule has 4 heteroatoms. The minimum absolute atomic E-state index is 0.0315. The fourth-order valence-corrected chi connectivity index (χ4v) is 2.19. The number of unbranched alkanes of at least 4 members (excludes halogenated alkanes) is 3. The number of hydrogen-bond donors (Lipinski definition) is 1. The molecule has 0 unspecified atom stereocenters. The zero-order chi connectivity index (χ0) is 11.5. The molecule has 0 bridgehead atoms. The van der Waals surface area contributed by atoms with Crippen LogP contribution in [0.3, 0.4) is 0 Å². The molecule has 0 aliphatic carbocycles. The minimum Gasteiger partial charge on any atom is -0.507 e. The highest BCUT2D eigenvalue weighted by atomic mass is 79.9. The fourth-order valence-electron chi connectivity index (χ4n) is 1.69. The fraction of sp³-hybridized carbons (Fsp3) is 0.727. The molecule has 1 rings (SSSR count). The first-order valence-electron chi connectivity index (χ1n) is 5.34. The van der Waals surface area contributed by atoms with Crippen LogP contribution in [0.4, 0.5) is 0 Å². The summed E-state index contributed by atoms with van der Waals surface area (Å²) < 4.78 is 5.31. The summed E-state index contributed by atoms with van der Waals surface area (Å²) >= 11 is 3.02. The summed E-state index contributed by atoms with van der Waals surface area (Å²) in [5.74, 6) is -0.436. The van der Waals surface area contributed by atoms with Crippen molar-refractivity contribution in [1.29, 1.82) is 0 Å². The van der Waals surface area contributed by atoms with Crippen LogP contribution in [-0.4, -0.2) is 16.7 Å². The highest BCUT2D eigenvalue weighted by molar-refractivity contribution is 9.12. The Hall–Kier alpha value is -0.510. The standard InChI is InChI=1S/C11H17BrO3/c1-3-4-5-6-7-11(2)9(13)8(12)10(14)15-11/h13H,3-7H2,1-2H3/t11-/m0/s1. The number of carbonyl (C=O) groups excluding carboxylic acids is 1. The van der Waals surface area contributed by atoms with Crippen molar-refractivity contribution >= 4 is 21.9 Å². The molecule has 1 atom stereocenters. The lowest BCUT2D eigenvalue weighted by atomic mass is 9.96. The highest BCUT2D eigenvalue weighted by Gasteiger charge is 2.43. The van der Waals surface area contributed by atoms with Gasteiger partial charge >= 0.3 is 5.97 Å². The maximum Gasteiger partial charge on any atom is 0.349 e. The second-order valence-electron chi connectivity index (χ2n) is 4.09. The molecular weight excluding hydrogens is 260 g/mol. The van der Waals surface area contributed by atoms with Gasteiger partial charge in [-0.1, -0.05) is 26.2 Å². The van der Waals surface area contributed by atoms with Gasteiger partial charge in [0.05, 0.1) is 0 Å². The van der Waals surface area contributed by atoms with Crippen LogP contribution < -0.4 is 0 Å². The molecule has 15 heavy (non-hydrogen) atoms. The van der Waals surface area contributed by atoms with E-state index in [9.17, 15) is 9.90 Å². The Labute approximate surface area is 98.6 Å². The highest BCUT2D eigenvalue weighted by Crippen LogP contribution is 2.37. The summed E-state index contributed by atoms with van der Waals surface area (Å²) in [5, 5.41) is 9.73. The van der Waals surface area contributed by atoms with Crippen molar-refractivity contribution in [2.45, 2.75) is 51.6 Å². The summed E-state index contributed by atoms with van der Waals surface area (Å²) in [7, 11) is 0. The first kappa shape index (κ1) is 12.6. The van der Waals surface area contributed by atoms with E-state index in [1.165, 1.54) is 12.8 Å². The number of cyclic esters (lactones) is 1. The monoisotopic (exact) mass is 276 g/mol. The van der Waals surface area contributed by atoms with Crippen LogP contribution in [0.15, 0.2) is 10.2 Å². The van der Waals surface area contributed by atoms with Gasteiger partial charge in [0.1, 0.15) is 4.48 Å². The van der Waals surface area contributed by atoms with Gasteiger partial charge in [-0.15, -0.1) is 0 Å². The number of rotatable bonds is 5. The van der Waals surface area contributed by atoms with Gasteiger partial charge in [-0.3, -0.25) is 0 Å². The largest absolute Gasteiger partial charge is 0.507 e. The molecule has 0 radical (unpaired) electrons. The van der Waals surface area contributed by atoms with Crippen molar-refractivity contribution in [3.8, 4) is 0 Å². The van der Waals surface area contributed by atoms with E-state index in [4.69, 9.17) is 4.74 Å². The van der Waals surface area contributed by atoms with Gasteiger partial charge in [0, 0.05) is 0 Å². The predicted octanol–water partition coefficient (Wildman–Crippen LogP) is 3.44. The van der Waals surface area contributed by atoms with Crippen LogP contribution in [0.25, 0.3) is 0 Å². The molecule has 3 nitrogen and oxygen atoms in total. The maximum absolute atomic E-state index is 11.2. The lowest BCUT2D eigenvalue weighted by molar-refractivity contribution is -0.146. The molecule has 1 heterocycles.